The lowest BCUT2D eigenvalue weighted by atomic mass is 10.1. The van der Waals surface area contributed by atoms with Crippen LogP contribution in [0.15, 0.2) is 67.0 Å². The van der Waals surface area contributed by atoms with Crippen molar-refractivity contribution in [3.8, 4) is 17.0 Å². The molecule has 0 amide bonds. The number of benzene rings is 2. The van der Waals surface area contributed by atoms with Crippen LogP contribution in [0.25, 0.3) is 22.2 Å². The lowest BCUT2D eigenvalue weighted by molar-refractivity contribution is -0.274. The standard InChI is InChI=1S/C20H13ClF3N3O/c21-17-9-19(26-18-4-2-1-3-16(17)18)14-10-25-27(12-14)11-13-5-7-15(8-6-13)28-20(22,23)24/h1-10,12H,11H2. The number of aromatic nitrogens is 3. The predicted octanol–water partition coefficient (Wildman–Crippen LogP) is 5.70. The predicted molar refractivity (Wildman–Crippen MR) is 100 cm³/mol. The highest BCUT2D eigenvalue weighted by Gasteiger charge is 2.30. The Morgan fingerprint density at radius 1 is 1.04 bits per heavy atom. The minimum absolute atomic E-state index is 0.257. The number of nitrogens with zero attached hydrogens (tertiary/aromatic N) is 3. The lowest BCUT2D eigenvalue weighted by Gasteiger charge is -2.09. The Morgan fingerprint density at radius 3 is 2.54 bits per heavy atom. The van der Waals surface area contributed by atoms with Gasteiger partial charge < -0.3 is 4.74 Å². The van der Waals surface area contributed by atoms with Gasteiger partial charge in [-0.2, -0.15) is 5.10 Å². The van der Waals surface area contributed by atoms with Crippen molar-refractivity contribution < 1.29 is 17.9 Å². The molecule has 2 heterocycles. The molecular formula is C20H13ClF3N3O. The maximum absolute atomic E-state index is 12.2. The van der Waals surface area contributed by atoms with Crippen LogP contribution in [-0.4, -0.2) is 21.1 Å². The van der Waals surface area contributed by atoms with Gasteiger partial charge in [-0.3, -0.25) is 4.68 Å². The minimum atomic E-state index is -4.70. The maximum Gasteiger partial charge on any atom is 0.573 e. The summed E-state index contributed by atoms with van der Waals surface area (Å²) in [5, 5.41) is 5.78. The van der Waals surface area contributed by atoms with Crippen LogP contribution in [0, 0.1) is 0 Å². The van der Waals surface area contributed by atoms with Gasteiger partial charge in [0.25, 0.3) is 0 Å². The highest BCUT2D eigenvalue weighted by Crippen LogP contribution is 2.28. The van der Waals surface area contributed by atoms with Gasteiger partial charge in [0.15, 0.2) is 0 Å². The smallest absolute Gasteiger partial charge is 0.406 e. The Labute approximate surface area is 163 Å². The molecule has 0 unspecified atom stereocenters. The Bertz CT molecular complexity index is 1120. The molecule has 142 valence electrons. The quantitative estimate of drug-likeness (QED) is 0.439. The molecule has 4 rings (SSSR count). The summed E-state index contributed by atoms with van der Waals surface area (Å²) in [6.07, 6.45) is -1.21. The number of ether oxygens (including phenoxy) is 1. The number of alkyl halides is 3. The van der Waals surface area contributed by atoms with Crippen LogP contribution in [0.2, 0.25) is 5.02 Å². The molecule has 2 aromatic carbocycles. The number of hydrogen-bond donors (Lipinski definition) is 0. The van der Waals surface area contributed by atoms with E-state index < -0.39 is 6.36 Å². The summed E-state index contributed by atoms with van der Waals surface area (Å²) in [6.45, 7) is 0.396. The number of rotatable bonds is 4. The van der Waals surface area contributed by atoms with Crippen LogP contribution >= 0.6 is 11.6 Å². The molecule has 0 aliphatic rings. The van der Waals surface area contributed by atoms with Crippen LogP contribution in [-0.2, 0) is 6.54 Å². The number of pyridine rings is 1. The van der Waals surface area contributed by atoms with Crippen molar-refractivity contribution in [1.82, 2.24) is 14.8 Å². The van der Waals surface area contributed by atoms with Crippen molar-refractivity contribution >= 4 is 22.5 Å². The summed E-state index contributed by atoms with van der Waals surface area (Å²) in [4.78, 5) is 4.61. The Balaban J connectivity index is 1.53. The van der Waals surface area contributed by atoms with Crippen LogP contribution in [0.3, 0.4) is 0 Å². The highest BCUT2D eigenvalue weighted by molar-refractivity contribution is 6.35. The SMILES string of the molecule is FC(F)(F)Oc1ccc(Cn2cc(-c3cc(Cl)c4ccccc4n3)cn2)cc1. The average Bonchev–Trinajstić information content (AvgIpc) is 3.11. The first-order chi connectivity index (χ1) is 13.4. The molecule has 0 fully saturated rings. The van der Waals surface area contributed by atoms with Crippen LogP contribution < -0.4 is 4.74 Å². The Hall–Kier alpha value is -3.06. The fourth-order valence-corrected chi connectivity index (χ4v) is 3.11. The van der Waals surface area contributed by atoms with Gasteiger partial charge in [-0.1, -0.05) is 41.9 Å². The van der Waals surface area contributed by atoms with Crippen molar-refractivity contribution in [2.24, 2.45) is 0 Å². The first kappa shape index (κ1) is 18.3. The minimum Gasteiger partial charge on any atom is -0.406 e. The normalized spacial score (nSPS) is 11.7. The van der Waals surface area contributed by atoms with Crippen molar-refractivity contribution in [3.05, 3.63) is 77.6 Å². The zero-order valence-corrected chi connectivity index (χ0v) is 15.1. The molecule has 0 bridgehead atoms. The first-order valence-electron chi connectivity index (χ1n) is 8.30. The molecule has 2 aromatic heterocycles. The van der Waals surface area contributed by atoms with E-state index in [2.05, 4.69) is 14.8 Å². The Morgan fingerprint density at radius 2 is 1.79 bits per heavy atom. The molecule has 4 aromatic rings. The largest absolute Gasteiger partial charge is 0.573 e. The zero-order valence-electron chi connectivity index (χ0n) is 14.3. The third-order valence-electron chi connectivity index (χ3n) is 4.10. The number of halogens is 4. The molecule has 0 saturated carbocycles. The van der Waals surface area contributed by atoms with E-state index in [0.29, 0.717) is 17.3 Å². The molecule has 4 nitrogen and oxygen atoms in total. The third-order valence-corrected chi connectivity index (χ3v) is 4.41. The fraction of sp³-hybridized carbons (Fsp3) is 0.100. The van der Waals surface area contributed by atoms with Crippen molar-refractivity contribution in [1.29, 1.82) is 0 Å². The number of hydrogen-bond acceptors (Lipinski definition) is 3. The molecule has 0 spiro atoms. The number of fused-ring (bicyclic) bond motifs is 1. The second-order valence-corrected chi connectivity index (χ2v) is 6.53. The summed E-state index contributed by atoms with van der Waals surface area (Å²) >= 11 is 6.35. The molecule has 0 N–H and O–H groups in total. The van der Waals surface area contributed by atoms with E-state index in [1.807, 2.05) is 30.5 Å². The van der Waals surface area contributed by atoms with Gasteiger partial charge in [-0.25, -0.2) is 4.98 Å². The van der Waals surface area contributed by atoms with E-state index in [1.165, 1.54) is 12.1 Å². The molecule has 0 atom stereocenters. The summed E-state index contributed by atoms with van der Waals surface area (Å²) in [5.74, 6) is -0.257. The highest BCUT2D eigenvalue weighted by atomic mass is 35.5. The van der Waals surface area contributed by atoms with E-state index in [9.17, 15) is 13.2 Å². The van der Waals surface area contributed by atoms with Crippen LogP contribution in [0.1, 0.15) is 5.56 Å². The second-order valence-electron chi connectivity index (χ2n) is 6.12. The molecule has 28 heavy (non-hydrogen) atoms. The third kappa shape index (κ3) is 4.09. The van der Waals surface area contributed by atoms with Gasteiger partial charge in [0, 0.05) is 17.1 Å². The molecule has 0 saturated heterocycles. The van der Waals surface area contributed by atoms with E-state index in [0.717, 1.165) is 22.0 Å². The lowest BCUT2D eigenvalue weighted by Crippen LogP contribution is -2.17. The molecular weight excluding hydrogens is 391 g/mol. The van der Waals surface area contributed by atoms with Crippen molar-refractivity contribution in [2.75, 3.05) is 0 Å². The van der Waals surface area contributed by atoms with E-state index in [-0.39, 0.29) is 5.75 Å². The summed E-state index contributed by atoms with van der Waals surface area (Å²) in [5.41, 5.74) is 3.07. The summed E-state index contributed by atoms with van der Waals surface area (Å²) in [6, 6.07) is 15.1. The van der Waals surface area contributed by atoms with Crippen LogP contribution in [0.4, 0.5) is 13.2 Å². The van der Waals surface area contributed by atoms with Gasteiger partial charge in [0.05, 0.1) is 29.0 Å². The van der Waals surface area contributed by atoms with Gasteiger partial charge in [0.2, 0.25) is 0 Å². The van der Waals surface area contributed by atoms with Crippen molar-refractivity contribution in [3.63, 3.8) is 0 Å². The topological polar surface area (TPSA) is 39.9 Å². The first-order valence-corrected chi connectivity index (χ1v) is 8.68. The van der Waals surface area contributed by atoms with Crippen LogP contribution in [0.5, 0.6) is 5.75 Å². The van der Waals surface area contributed by atoms with Crippen molar-refractivity contribution in [2.45, 2.75) is 12.9 Å². The van der Waals surface area contributed by atoms with Gasteiger partial charge in [0.1, 0.15) is 5.75 Å². The second kappa shape index (κ2) is 7.16. The monoisotopic (exact) mass is 403 g/mol. The number of para-hydroxylation sites is 1. The zero-order chi connectivity index (χ0) is 19.7. The molecule has 0 aliphatic carbocycles. The molecule has 8 heteroatoms. The maximum atomic E-state index is 12.2. The van der Waals surface area contributed by atoms with E-state index in [1.54, 1.807) is 29.1 Å². The van der Waals surface area contributed by atoms with Gasteiger partial charge in [-0.15, -0.1) is 13.2 Å². The molecule has 0 radical (unpaired) electrons. The van der Waals surface area contributed by atoms with Gasteiger partial charge in [-0.05, 0) is 29.8 Å². The molecule has 0 aliphatic heterocycles. The van der Waals surface area contributed by atoms with E-state index in [4.69, 9.17) is 11.6 Å². The Kier molecular flexibility index (Phi) is 4.68. The van der Waals surface area contributed by atoms with E-state index >= 15 is 0 Å². The van der Waals surface area contributed by atoms with Gasteiger partial charge >= 0.3 is 6.36 Å². The average molecular weight is 404 g/mol. The summed E-state index contributed by atoms with van der Waals surface area (Å²) < 4.78 is 42.2. The fourth-order valence-electron chi connectivity index (χ4n) is 2.85. The summed E-state index contributed by atoms with van der Waals surface area (Å²) in [7, 11) is 0.